The Bertz CT molecular complexity index is 376. The van der Waals surface area contributed by atoms with Crippen LogP contribution in [0.5, 0.6) is 5.75 Å². The van der Waals surface area contributed by atoms with Crippen molar-refractivity contribution in [2.24, 2.45) is 5.73 Å². The van der Waals surface area contributed by atoms with Crippen LogP contribution in [0.4, 0.5) is 0 Å². The highest BCUT2D eigenvalue weighted by atomic mass is 32.1. The SMILES string of the molecule is CCC(CC(N)=S)Oc1ccccc1C(C)C. The average molecular weight is 251 g/mol. The zero-order valence-electron chi connectivity index (χ0n) is 10.8. The maximum atomic E-state index is 6.00. The molecule has 0 amide bonds. The summed E-state index contributed by atoms with van der Waals surface area (Å²) in [4.78, 5) is 0.513. The largest absolute Gasteiger partial charge is 0.490 e. The lowest BCUT2D eigenvalue weighted by Gasteiger charge is -2.20. The van der Waals surface area contributed by atoms with E-state index in [9.17, 15) is 0 Å². The molecule has 0 aliphatic heterocycles. The minimum Gasteiger partial charge on any atom is -0.490 e. The summed E-state index contributed by atoms with van der Waals surface area (Å²) in [5, 5.41) is 0. The summed E-state index contributed by atoms with van der Waals surface area (Å²) in [6.45, 7) is 6.41. The molecular weight excluding hydrogens is 230 g/mol. The Morgan fingerprint density at radius 3 is 2.53 bits per heavy atom. The van der Waals surface area contributed by atoms with Gasteiger partial charge in [0.15, 0.2) is 0 Å². The lowest BCUT2D eigenvalue weighted by Crippen LogP contribution is -2.23. The standard InChI is InChI=1S/C14H21NOS/c1-4-11(9-14(15)17)16-13-8-6-5-7-12(13)10(2)3/h5-8,10-11H,4,9H2,1-3H3,(H2,15,17). The van der Waals surface area contributed by atoms with E-state index >= 15 is 0 Å². The summed E-state index contributed by atoms with van der Waals surface area (Å²) >= 11 is 4.94. The van der Waals surface area contributed by atoms with E-state index in [2.05, 4.69) is 26.8 Å². The third-order valence-electron chi connectivity index (χ3n) is 2.72. The van der Waals surface area contributed by atoms with E-state index in [4.69, 9.17) is 22.7 Å². The quantitative estimate of drug-likeness (QED) is 0.784. The lowest BCUT2D eigenvalue weighted by molar-refractivity contribution is 0.203. The minimum atomic E-state index is 0.0763. The van der Waals surface area contributed by atoms with Crippen molar-refractivity contribution in [2.75, 3.05) is 0 Å². The Morgan fingerprint density at radius 2 is 2.00 bits per heavy atom. The fourth-order valence-corrected chi connectivity index (χ4v) is 1.92. The second-order valence-electron chi connectivity index (χ2n) is 4.51. The van der Waals surface area contributed by atoms with Gasteiger partial charge in [-0.3, -0.25) is 0 Å². The predicted octanol–water partition coefficient (Wildman–Crippen LogP) is 3.64. The van der Waals surface area contributed by atoms with Gasteiger partial charge in [-0.1, -0.05) is 51.2 Å². The first-order chi connectivity index (χ1) is 8.04. The second-order valence-corrected chi connectivity index (χ2v) is 5.04. The molecule has 1 atom stereocenters. The van der Waals surface area contributed by atoms with Crippen LogP contribution in [-0.2, 0) is 0 Å². The summed E-state index contributed by atoms with van der Waals surface area (Å²) in [5.41, 5.74) is 6.80. The molecule has 0 heterocycles. The van der Waals surface area contributed by atoms with Crippen LogP contribution in [0.15, 0.2) is 24.3 Å². The first kappa shape index (κ1) is 14.0. The van der Waals surface area contributed by atoms with E-state index < -0.39 is 0 Å². The maximum Gasteiger partial charge on any atom is 0.123 e. The summed E-state index contributed by atoms with van der Waals surface area (Å²) < 4.78 is 6.00. The highest BCUT2D eigenvalue weighted by molar-refractivity contribution is 7.80. The van der Waals surface area contributed by atoms with E-state index in [1.165, 1.54) is 5.56 Å². The van der Waals surface area contributed by atoms with E-state index in [1.54, 1.807) is 0 Å². The number of nitrogens with two attached hydrogens (primary N) is 1. The molecule has 0 bridgehead atoms. The van der Waals surface area contributed by atoms with Gasteiger partial charge in [-0.05, 0) is 24.0 Å². The highest BCUT2D eigenvalue weighted by Crippen LogP contribution is 2.27. The van der Waals surface area contributed by atoms with Gasteiger partial charge in [0.2, 0.25) is 0 Å². The molecule has 17 heavy (non-hydrogen) atoms. The van der Waals surface area contributed by atoms with Crippen LogP contribution in [0.2, 0.25) is 0 Å². The van der Waals surface area contributed by atoms with E-state index in [0.717, 1.165) is 12.2 Å². The van der Waals surface area contributed by atoms with Crippen LogP contribution in [0, 0.1) is 0 Å². The number of para-hydroxylation sites is 1. The van der Waals surface area contributed by atoms with E-state index in [1.807, 2.05) is 18.2 Å². The van der Waals surface area contributed by atoms with Crippen molar-refractivity contribution in [3.05, 3.63) is 29.8 Å². The van der Waals surface area contributed by atoms with Gasteiger partial charge in [0.05, 0.1) is 4.99 Å². The molecule has 0 radical (unpaired) electrons. The molecule has 0 aromatic heterocycles. The summed E-state index contributed by atoms with van der Waals surface area (Å²) in [7, 11) is 0. The first-order valence-electron chi connectivity index (χ1n) is 6.08. The molecule has 0 aliphatic carbocycles. The van der Waals surface area contributed by atoms with Gasteiger partial charge < -0.3 is 10.5 Å². The second kappa shape index (κ2) is 6.60. The normalized spacial score (nSPS) is 12.5. The lowest BCUT2D eigenvalue weighted by atomic mass is 10.0. The minimum absolute atomic E-state index is 0.0763. The van der Waals surface area contributed by atoms with Crippen LogP contribution >= 0.6 is 12.2 Å². The molecule has 3 heteroatoms. The molecule has 1 rings (SSSR count). The monoisotopic (exact) mass is 251 g/mol. The summed E-state index contributed by atoms with van der Waals surface area (Å²) in [5.74, 6) is 1.40. The molecule has 1 unspecified atom stereocenters. The van der Waals surface area contributed by atoms with Crippen molar-refractivity contribution in [3.63, 3.8) is 0 Å². The van der Waals surface area contributed by atoms with Crippen molar-refractivity contribution in [3.8, 4) is 5.75 Å². The summed E-state index contributed by atoms with van der Waals surface area (Å²) in [6, 6.07) is 8.15. The Kier molecular flexibility index (Phi) is 5.42. The summed E-state index contributed by atoms with van der Waals surface area (Å²) in [6.07, 6.45) is 1.62. The van der Waals surface area contributed by atoms with Gasteiger partial charge in [0, 0.05) is 6.42 Å². The van der Waals surface area contributed by atoms with Crippen molar-refractivity contribution in [1.29, 1.82) is 0 Å². The van der Waals surface area contributed by atoms with Gasteiger partial charge >= 0.3 is 0 Å². The topological polar surface area (TPSA) is 35.2 Å². The van der Waals surface area contributed by atoms with Gasteiger partial charge in [-0.15, -0.1) is 0 Å². The molecule has 0 fully saturated rings. The van der Waals surface area contributed by atoms with Crippen LogP contribution < -0.4 is 10.5 Å². The molecule has 94 valence electrons. The molecule has 0 saturated heterocycles. The van der Waals surface area contributed by atoms with E-state index in [0.29, 0.717) is 17.3 Å². The molecule has 2 nitrogen and oxygen atoms in total. The first-order valence-corrected chi connectivity index (χ1v) is 6.49. The van der Waals surface area contributed by atoms with Crippen LogP contribution in [0.1, 0.15) is 45.1 Å². The fourth-order valence-electron chi connectivity index (χ4n) is 1.74. The third-order valence-corrected chi connectivity index (χ3v) is 2.89. The van der Waals surface area contributed by atoms with Crippen LogP contribution in [0.3, 0.4) is 0 Å². The Labute approximate surface area is 109 Å². The average Bonchev–Trinajstić information content (AvgIpc) is 2.28. The molecule has 2 N–H and O–H groups in total. The zero-order valence-corrected chi connectivity index (χ0v) is 11.6. The highest BCUT2D eigenvalue weighted by Gasteiger charge is 2.13. The number of hydrogen-bond donors (Lipinski definition) is 1. The number of ether oxygens (including phenoxy) is 1. The number of hydrogen-bond acceptors (Lipinski definition) is 2. The molecule has 0 aliphatic rings. The van der Waals surface area contributed by atoms with Crippen LogP contribution in [-0.4, -0.2) is 11.1 Å². The molecule has 1 aromatic carbocycles. The van der Waals surface area contributed by atoms with E-state index in [-0.39, 0.29) is 6.10 Å². The van der Waals surface area contributed by atoms with Crippen molar-refractivity contribution in [1.82, 2.24) is 0 Å². The molecule has 0 spiro atoms. The molecule has 0 saturated carbocycles. The number of benzene rings is 1. The van der Waals surface area contributed by atoms with Gasteiger partial charge in [-0.25, -0.2) is 0 Å². The zero-order chi connectivity index (χ0) is 12.8. The van der Waals surface area contributed by atoms with Gasteiger partial charge in [-0.2, -0.15) is 0 Å². The molecule has 1 aromatic rings. The Hall–Kier alpha value is -1.09. The van der Waals surface area contributed by atoms with Crippen molar-refractivity contribution >= 4 is 17.2 Å². The predicted molar refractivity (Wildman–Crippen MR) is 76.6 cm³/mol. The number of rotatable bonds is 6. The van der Waals surface area contributed by atoms with Crippen molar-refractivity contribution < 1.29 is 4.74 Å². The fraction of sp³-hybridized carbons (Fsp3) is 0.500. The van der Waals surface area contributed by atoms with Gasteiger partial charge in [0.1, 0.15) is 11.9 Å². The number of thiocarbonyl (C=S) groups is 1. The Balaban J connectivity index is 2.82. The smallest absolute Gasteiger partial charge is 0.123 e. The Morgan fingerprint density at radius 1 is 1.35 bits per heavy atom. The van der Waals surface area contributed by atoms with Crippen molar-refractivity contribution in [2.45, 2.75) is 45.6 Å². The maximum absolute atomic E-state index is 6.00. The third kappa shape index (κ3) is 4.35. The van der Waals surface area contributed by atoms with Gasteiger partial charge in [0.25, 0.3) is 0 Å². The van der Waals surface area contributed by atoms with Crippen LogP contribution in [0.25, 0.3) is 0 Å². The molecular formula is C14H21NOS.